The fourth-order valence-corrected chi connectivity index (χ4v) is 2.03. The molecule has 5 heteroatoms. The highest BCUT2D eigenvalue weighted by atomic mass is 16.6. The van der Waals surface area contributed by atoms with Crippen LogP contribution in [0, 0.1) is 5.92 Å². The van der Waals surface area contributed by atoms with E-state index in [1.807, 2.05) is 20.8 Å². The number of hydrogen-bond acceptors (Lipinski definition) is 3. The second-order valence-electron chi connectivity index (χ2n) is 5.66. The molecule has 0 bridgehead atoms. The molecule has 1 atom stereocenters. The van der Waals surface area contributed by atoms with Gasteiger partial charge >= 0.3 is 6.09 Å². The molecule has 0 aliphatic carbocycles. The van der Waals surface area contributed by atoms with Crippen LogP contribution in [0.4, 0.5) is 4.79 Å². The van der Waals surface area contributed by atoms with Crippen molar-refractivity contribution in [2.24, 2.45) is 5.92 Å². The van der Waals surface area contributed by atoms with Crippen LogP contribution in [0.1, 0.15) is 33.6 Å². The van der Waals surface area contributed by atoms with Gasteiger partial charge in [-0.15, -0.1) is 0 Å². The molecule has 0 spiro atoms. The van der Waals surface area contributed by atoms with Crippen molar-refractivity contribution in [3.8, 4) is 0 Å². The number of carbonyl (C=O) groups is 1. The van der Waals surface area contributed by atoms with Gasteiger partial charge in [-0.1, -0.05) is 0 Å². The van der Waals surface area contributed by atoms with Crippen LogP contribution in [0.2, 0.25) is 0 Å². The van der Waals surface area contributed by atoms with E-state index in [9.17, 15) is 9.90 Å². The Morgan fingerprint density at radius 2 is 2.00 bits per heavy atom. The number of quaternary nitrogens is 1. The molecule has 1 heterocycles. The number of likely N-dealkylation sites (tertiary alicyclic amines) is 1. The number of amides is 1. The fourth-order valence-electron chi connectivity index (χ4n) is 2.03. The van der Waals surface area contributed by atoms with E-state index < -0.39 is 5.60 Å². The first-order chi connectivity index (χ1) is 7.83. The largest absolute Gasteiger partial charge is 0.444 e. The van der Waals surface area contributed by atoms with Gasteiger partial charge in [0.05, 0.1) is 0 Å². The highest BCUT2D eigenvalue weighted by Crippen LogP contribution is 2.21. The van der Waals surface area contributed by atoms with Crippen LogP contribution in [0.3, 0.4) is 0 Å². The summed E-state index contributed by atoms with van der Waals surface area (Å²) in [6.07, 6.45) is 1.07. The molecule has 5 nitrogen and oxygen atoms in total. The smallest absolute Gasteiger partial charge is 0.410 e. The lowest BCUT2D eigenvalue weighted by molar-refractivity contribution is -0.387. The second kappa shape index (κ2) is 5.69. The summed E-state index contributed by atoms with van der Waals surface area (Å²) >= 11 is 0. The van der Waals surface area contributed by atoms with E-state index in [0.29, 0.717) is 19.6 Å². The first-order valence-electron chi connectivity index (χ1n) is 6.28. The Bertz CT molecular complexity index is 255. The molecule has 1 aliphatic heterocycles. The zero-order valence-corrected chi connectivity index (χ0v) is 11.1. The van der Waals surface area contributed by atoms with Crippen LogP contribution in [-0.2, 0) is 4.74 Å². The van der Waals surface area contributed by atoms with E-state index in [1.165, 1.54) is 0 Å². The minimum Gasteiger partial charge on any atom is -0.444 e. The van der Waals surface area contributed by atoms with Gasteiger partial charge in [-0.3, -0.25) is 0 Å². The molecule has 1 amide bonds. The number of aliphatic hydroxyl groups excluding tert-OH is 1. The third-order valence-electron chi connectivity index (χ3n) is 3.03. The van der Waals surface area contributed by atoms with Crippen molar-refractivity contribution in [3.63, 3.8) is 0 Å². The van der Waals surface area contributed by atoms with Gasteiger partial charge in [-0.25, -0.2) is 4.79 Å². The van der Waals surface area contributed by atoms with Gasteiger partial charge in [-0.05, 0) is 39.5 Å². The molecule has 0 aromatic heterocycles. The topological polar surface area (TPSA) is 77.4 Å². The zero-order valence-electron chi connectivity index (χ0n) is 11.1. The Morgan fingerprint density at radius 1 is 1.47 bits per heavy atom. The maximum Gasteiger partial charge on any atom is 0.410 e. The molecule has 0 unspecified atom stereocenters. The number of hydrogen-bond donors (Lipinski definition) is 2. The summed E-state index contributed by atoms with van der Waals surface area (Å²) in [5, 5.41) is 9.70. The summed E-state index contributed by atoms with van der Waals surface area (Å²) in [5.41, 5.74) is 3.26. The van der Waals surface area contributed by atoms with Crippen LogP contribution in [0.25, 0.3) is 0 Å². The molecule has 100 valence electrons. The van der Waals surface area contributed by atoms with E-state index in [0.717, 1.165) is 12.8 Å². The monoisotopic (exact) mass is 245 g/mol. The zero-order chi connectivity index (χ0) is 13.1. The van der Waals surface area contributed by atoms with Crippen molar-refractivity contribution < 1.29 is 20.4 Å². The first kappa shape index (κ1) is 14.3. The quantitative estimate of drug-likeness (QED) is 0.731. The Balaban J connectivity index is 2.39. The lowest BCUT2D eigenvalue weighted by Crippen LogP contribution is -2.58. The first-order valence-corrected chi connectivity index (χ1v) is 6.28. The Morgan fingerprint density at radius 3 is 2.41 bits per heavy atom. The SMILES string of the molecule is CC(C)(C)OC(=O)N1CCC([C@@H](O)C[NH3+])CC1. The molecule has 0 saturated carbocycles. The van der Waals surface area contributed by atoms with Gasteiger partial charge in [0.1, 0.15) is 18.2 Å². The molecule has 17 heavy (non-hydrogen) atoms. The lowest BCUT2D eigenvalue weighted by atomic mass is 9.91. The number of piperidine rings is 1. The number of aliphatic hydroxyl groups is 1. The van der Waals surface area contributed by atoms with E-state index in [2.05, 4.69) is 5.73 Å². The molecule has 4 N–H and O–H groups in total. The van der Waals surface area contributed by atoms with Gasteiger partial charge in [0.15, 0.2) is 0 Å². The number of nitrogens with zero attached hydrogens (tertiary/aromatic N) is 1. The molecular weight excluding hydrogens is 220 g/mol. The number of rotatable bonds is 2. The minimum absolute atomic E-state index is 0.250. The molecule has 0 radical (unpaired) electrons. The van der Waals surface area contributed by atoms with Crippen molar-refractivity contribution in [2.45, 2.75) is 45.3 Å². The summed E-state index contributed by atoms with van der Waals surface area (Å²) in [6.45, 7) is 7.46. The van der Waals surface area contributed by atoms with Crippen LogP contribution >= 0.6 is 0 Å². The Labute approximate surface area is 103 Å². The summed E-state index contributed by atoms with van der Waals surface area (Å²) in [6, 6.07) is 0. The van der Waals surface area contributed by atoms with E-state index in [1.54, 1.807) is 4.90 Å². The van der Waals surface area contributed by atoms with Crippen LogP contribution in [0.5, 0.6) is 0 Å². The predicted octanol–water partition coefficient (Wildman–Crippen LogP) is 0.236. The van der Waals surface area contributed by atoms with Crippen molar-refractivity contribution in [1.82, 2.24) is 4.90 Å². The highest BCUT2D eigenvalue weighted by Gasteiger charge is 2.29. The van der Waals surface area contributed by atoms with E-state index in [4.69, 9.17) is 4.74 Å². The molecule has 1 aliphatic rings. The third-order valence-corrected chi connectivity index (χ3v) is 3.03. The third kappa shape index (κ3) is 4.52. The van der Waals surface area contributed by atoms with Crippen molar-refractivity contribution >= 4 is 6.09 Å². The van der Waals surface area contributed by atoms with Crippen LogP contribution in [-0.4, -0.2) is 47.4 Å². The molecule has 0 aromatic carbocycles. The van der Waals surface area contributed by atoms with Crippen LogP contribution < -0.4 is 5.73 Å². The Kier molecular flexibility index (Phi) is 4.77. The van der Waals surface area contributed by atoms with Gasteiger partial charge in [-0.2, -0.15) is 0 Å². The van der Waals surface area contributed by atoms with Crippen molar-refractivity contribution in [1.29, 1.82) is 0 Å². The van der Waals surface area contributed by atoms with Gasteiger partial charge in [0.25, 0.3) is 0 Å². The Hall–Kier alpha value is -0.810. The lowest BCUT2D eigenvalue weighted by Gasteiger charge is -2.34. The second-order valence-corrected chi connectivity index (χ2v) is 5.66. The summed E-state index contributed by atoms with van der Waals surface area (Å²) < 4.78 is 5.31. The van der Waals surface area contributed by atoms with Crippen LogP contribution in [0.15, 0.2) is 0 Å². The minimum atomic E-state index is -0.444. The molecule has 1 rings (SSSR count). The summed E-state index contributed by atoms with van der Waals surface area (Å²) in [7, 11) is 0. The molecule has 0 aromatic rings. The fraction of sp³-hybridized carbons (Fsp3) is 0.917. The highest BCUT2D eigenvalue weighted by molar-refractivity contribution is 5.68. The van der Waals surface area contributed by atoms with Gasteiger partial charge in [0.2, 0.25) is 0 Å². The van der Waals surface area contributed by atoms with E-state index >= 15 is 0 Å². The number of ether oxygens (including phenoxy) is 1. The normalized spacial score (nSPS) is 20.2. The van der Waals surface area contributed by atoms with E-state index in [-0.39, 0.29) is 18.1 Å². The average molecular weight is 245 g/mol. The summed E-state index contributed by atoms with van der Waals surface area (Å²) in [5.74, 6) is 0.270. The molecule has 1 fully saturated rings. The van der Waals surface area contributed by atoms with Crippen molar-refractivity contribution in [2.75, 3.05) is 19.6 Å². The molecular formula is C12H25N2O3+. The average Bonchev–Trinajstić information content (AvgIpc) is 2.26. The molecule has 1 saturated heterocycles. The van der Waals surface area contributed by atoms with Gasteiger partial charge < -0.3 is 20.5 Å². The maximum atomic E-state index is 11.8. The summed E-state index contributed by atoms with van der Waals surface area (Å²) in [4.78, 5) is 13.5. The van der Waals surface area contributed by atoms with Crippen molar-refractivity contribution in [3.05, 3.63) is 0 Å². The van der Waals surface area contributed by atoms with Gasteiger partial charge in [0, 0.05) is 13.1 Å². The number of carbonyl (C=O) groups excluding carboxylic acids is 1. The standard InChI is InChI=1S/C12H24N2O3/c1-12(2,3)17-11(16)14-6-4-9(5-7-14)10(15)8-13/h9-10,15H,4-8,13H2,1-3H3/p+1/t10-/m0/s1. The maximum absolute atomic E-state index is 11.8. The predicted molar refractivity (Wildman–Crippen MR) is 64.3 cm³/mol.